The van der Waals surface area contributed by atoms with Gasteiger partial charge in [-0.25, -0.2) is 0 Å². The van der Waals surface area contributed by atoms with E-state index in [2.05, 4.69) is 27.3 Å². The Morgan fingerprint density at radius 2 is 1.88 bits per heavy atom. The molecule has 0 radical (unpaired) electrons. The molecule has 2 aromatic heterocycles. The van der Waals surface area contributed by atoms with Crippen LogP contribution in [0, 0.1) is 0 Å². The van der Waals surface area contributed by atoms with Crippen LogP contribution in [-0.4, -0.2) is 19.7 Å². The van der Waals surface area contributed by atoms with Gasteiger partial charge in [0.05, 0.1) is 0 Å². The fraction of sp³-hybridized carbons (Fsp3) is 0.111. The highest BCUT2D eigenvalue weighted by molar-refractivity contribution is 7.98. The Morgan fingerprint density at radius 1 is 1.08 bits per heavy atom. The highest BCUT2D eigenvalue weighted by atomic mass is 35.5. The molecule has 2 aromatic carbocycles. The molecule has 2 heterocycles. The molecule has 0 saturated carbocycles. The number of thioether (sulfide) groups is 1. The second-order valence-corrected chi connectivity index (χ2v) is 6.91. The predicted molar refractivity (Wildman–Crippen MR) is 99.3 cm³/mol. The van der Waals surface area contributed by atoms with Crippen molar-refractivity contribution < 1.29 is 0 Å². The number of rotatable bonds is 4. The predicted octanol–water partition coefficient (Wildman–Crippen LogP) is 4.91. The molecule has 0 atom stereocenters. The lowest BCUT2D eigenvalue weighted by Crippen LogP contribution is -1.94. The van der Waals surface area contributed by atoms with Crippen LogP contribution in [0.1, 0.15) is 5.56 Å². The van der Waals surface area contributed by atoms with Gasteiger partial charge in [0.2, 0.25) is 0 Å². The minimum Gasteiger partial charge on any atom is -0.360 e. The Kier molecular flexibility index (Phi) is 4.04. The quantitative estimate of drug-likeness (QED) is 0.530. The van der Waals surface area contributed by atoms with E-state index in [-0.39, 0.29) is 0 Å². The maximum atomic E-state index is 5.93. The number of fused-ring (bicyclic) bond motifs is 1. The van der Waals surface area contributed by atoms with Crippen molar-refractivity contribution >= 4 is 34.3 Å². The highest BCUT2D eigenvalue weighted by Gasteiger charge is 2.14. The molecule has 0 unspecified atom stereocenters. The van der Waals surface area contributed by atoms with Crippen molar-refractivity contribution in [2.75, 3.05) is 0 Å². The van der Waals surface area contributed by atoms with Crippen molar-refractivity contribution in [2.24, 2.45) is 7.05 Å². The molecule has 120 valence electrons. The van der Waals surface area contributed by atoms with Crippen molar-refractivity contribution in [3.8, 4) is 11.4 Å². The van der Waals surface area contributed by atoms with E-state index in [4.69, 9.17) is 11.6 Å². The molecule has 0 saturated heterocycles. The number of nitrogens with one attached hydrogen (secondary N) is 1. The molecule has 4 nitrogen and oxygen atoms in total. The van der Waals surface area contributed by atoms with Crippen molar-refractivity contribution in [3.05, 3.63) is 65.3 Å². The van der Waals surface area contributed by atoms with Crippen molar-refractivity contribution in [3.63, 3.8) is 0 Å². The first-order chi connectivity index (χ1) is 11.7. The number of H-pyrrole nitrogens is 1. The Balaban J connectivity index is 1.60. The molecular formula is C18H15ClN4S. The number of halogens is 1. The summed E-state index contributed by atoms with van der Waals surface area (Å²) in [6.07, 6.45) is 1.99. The van der Waals surface area contributed by atoms with Crippen LogP contribution >= 0.6 is 23.4 Å². The lowest BCUT2D eigenvalue weighted by molar-refractivity contribution is 0.794. The van der Waals surface area contributed by atoms with E-state index in [1.165, 1.54) is 5.56 Å². The first-order valence-electron chi connectivity index (χ1n) is 7.55. The van der Waals surface area contributed by atoms with Gasteiger partial charge >= 0.3 is 0 Å². The molecule has 0 amide bonds. The second kappa shape index (κ2) is 6.34. The van der Waals surface area contributed by atoms with Crippen LogP contribution in [0.5, 0.6) is 0 Å². The first kappa shape index (κ1) is 15.3. The van der Waals surface area contributed by atoms with E-state index in [0.29, 0.717) is 0 Å². The summed E-state index contributed by atoms with van der Waals surface area (Å²) in [6, 6.07) is 16.1. The molecule has 0 aliphatic rings. The average molecular weight is 355 g/mol. The van der Waals surface area contributed by atoms with Crippen LogP contribution in [0.2, 0.25) is 5.02 Å². The zero-order valence-electron chi connectivity index (χ0n) is 13.0. The number of hydrogen-bond acceptors (Lipinski definition) is 3. The largest absolute Gasteiger partial charge is 0.360 e. The van der Waals surface area contributed by atoms with Crippen LogP contribution in [0.25, 0.3) is 22.3 Å². The molecule has 0 spiro atoms. The molecule has 4 aromatic rings. The first-order valence-corrected chi connectivity index (χ1v) is 8.92. The van der Waals surface area contributed by atoms with Gasteiger partial charge in [-0.15, -0.1) is 10.2 Å². The van der Waals surface area contributed by atoms with Crippen LogP contribution in [0.4, 0.5) is 0 Å². The lowest BCUT2D eigenvalue weighted by atomic mass is 10.1. The van der Waals surface area contributed by atoms with Crippen molar-refractivity contribution in [1.82, 2.24) is 19.7 Å². The van der Waals surface area contributed by atoms with Gasteiger partial charge in [0, 0.05) is 40.5 Å². The van der Waals surface area contributed by atoms with Gasteiger partial charge in [0.15, 0.2) is 11.0 Å². The van der Waals surface area contributed by atoms with Gasteiger partial charge in [-0.05, 0) is 23.8 Å². The smallest absolute Gasteiger partial charge is 0.191 e. The molecule has 1 N–H and O–H groups in total. The Labute approximate surface area is 148 Å². The van der Waals surface area contributed by atoms with E-state index >= 15 is 0 Å². The van der Waals surface area contributed by atoms with Crippen LogP contribution in [0.3, 0.4) is 0 Å². The molecule has 0 aliphatic heterocycles. The van der Waals surface area contributed by atoms with Crippen molar-refractivity contribution in [1.29, 1.82) is 0 Å². The summed E-state index contributed by atoms with van der Waals surface area (Å²) in [5.41, 5.74) is 3.38. The minimum atomic E-state index is 0.754. The van der Waals surface area contributed by atoms with Crippen molar-refractivity contribution in [2.45, 2.75) is 10.9 Å². The van der Waals surface area contributed by atoms with Crippen LogP contribution in [0.15, 0.2) is 59.9 Å². The summed E-state index contributed by atoms with van der Waals surface area (Å²) in [6.45, 7) is 0. The Bertz CT molecular complexity index is 988. The monoisotopic (exact) mass is 354 g/mol. The zero-order chi connectivity index (χ0) is 16.5. The van der Waals surface area contributed by atoms with E-state index in [0.717, 1.165) is 38.2 Å². The third-order valence-electron chi connectivity index (χ3n) is 3.95. The fourth-order valence-electron chi connectivity index (χ4n) is 2.66. The van der Waals surface area contributed by atoms with E-state index < -0.39 is 0 Å². The standard InChI is InChI=1S/C18H15ClN4S/c1-23-17(15-10-20-16-5-3-2-4-14(15)16)21-22-18(23)24-11-12-6-8-13(19)9-7-12/h2-10,20H,11H2,1H3. The molecule has 0 fully saturated rings. The zero-order valence-corrected chi connectivity index (χ0v) is 14.6. The maximum absolute atomic E-state index is 5.93. The van der Waals surface area contributed by atoms with Gasteiger partial charge in [0.25, 0.3) is 0 Å². The number of nitrogens with zero attached hydrogens (tertiary/aromatic N) is 3. The second-order valence-electron chi connectivity index (χ2n) is 5.53. The molecule has 6 heteroatoms. The number of para-hydroxylation sites is 1. The van der Waals surface area contributed by atoms with E-state index in [9.17, 15) is 0 Å². The number of hydrogen-bond donors (Lipinski definition) is 1. The summed E-state index contributed by atoms with van der Waals surface area (Å²) in [5.74, 6) is 1.70. The third-order valence-corrected chi connectivity index (χ3v) is 5.29. The van der Waals surface area contributed by atoms with E-state index in [1.54, 1.807) is 11.8 Å². The molecule has 4 rings (SSSR count). The number of benzene rings is 2. The number of aromatic amines is 1. The average Bonchev–Trinajstić information content (AvgIpc) is 3.18. The fourth-order valence-corrected chi connectivity index (χ4v) is 3.65. The van der Waals surface area contributed by atoms with Crippen LogP contribution in [-0.2, 0) is 12.8 Å². The number of aromatic nitrogens is 4. The van der Waals surface area contributed by atoms with Gasteiger partial charge in [-0.1, -0.05) is 53.7 Å². The van der Waals surface area contributed by atoms with E-state index in [1.807, 2.05) is 54.2 Å². The summed E-state index contributed by atoms with van der Waals surface area (Å²) < 4.78 is 2.04. The highest BCUT2D eigenvalue weighted by Crippen LogP contribution is 2.30. The SMILES string of the molecule is Cn1c(SCc2ccc(Cl)cc2)nnc1-c1c[nH]c2ccccc12. The molecular weight excluding hydrogens is 340 g/mol. The molecule has 24 heavy (non-hydrogen) atoms. The normalized spacial score (nSPS) is 11.2. The third kappa shape index (κ3) is 2.81. The van der Waals surface area contributed by atoms with Crippen LogP contribution < -0.4 is 0 Å². The Morgan fingerprint density at radius 3 is 2.71 bits per heavy atom. The Hall–Kier alpha value is -2.24. The summed E-state index contributed by atoms with van der Waals surface area (Å²) in [5, 5.41) is 11.5. The van der Waals surface area contributed by atoms with Gasteiger partial charge in [-0.2, -0.15) is 0 Å². The summed E-state index contributed by atoms with van der Waals surface area (Å²) in [4.78, 5) is 3.29. The maximum Gasteiger partial charge on any atom is 0.191 e. The van der Waals surface area contributed by atoms with Gasteiger partial charge in [0.1, 0.15) is 0 Å². The molecule has 0 bridgehead atoms. The van der Waals surface area contributed by atoms with Gasteiger partial charge < -0.3 is 9.55 Å². The summed E-state index contributed by atoms with van der Waals surface area (Å²) >= 11 is 7.59. The summed E-state index contributed by atoms with van der Waals surface area (Å²) in [7, 11) is 2.00. The minimum absolute atomic E-state index is 0.754. The topological polar surface area (TPSA) is 46.5 Å². The van der Waals surface area contributed by atoms with Gasteiger partial charge in [-0.3, -0.25) is 0 Å². The lowest BCUT2D eigenvalue weighted by Gasteiger charge is -2.04. The molecule has 0 aliphatic carbocycles.